The lowest BCUT2D eigenvalue weighted by molar-refractivity contribution is -0.137. The number of amides is 1. The molecule has 0 radical (unpaired) electrons. The van der Waals surface area contributed by atoms with Crippen LogP contribution in [0, 0.1) is 13.5 Å². The predicted molar refractivity (Wildman–Crippen MR) is 153 cm³/mol. The Morgan fingerprint density at radius 1 is 1.19 bits per heavy atom. The SMILES string of the molecule is [C-]#[N+]C[C@H]1CN(c2nc(OC[C@@H]3CCCN3C)nc3c2CCN(c2cccc(C)c2C(F)(F)F)C3)CCN1C(=O)C=C. The molecule has 0 unspecified atom stereocenters. The standard InChI is InChI=1S/C30H36F3N7O2/c1-5-26(41)40-15-14-39(17-22(40)16-34-3)28-23-11-13-38(25-10-6-8-20(2)27(25)30(31,32)33)18-24(23)35-29(36-28)42-19-21-9-7-12-37(21)4/h5-6,8,10,21-22H,1,7,9,11-19H2,2,4H3/t21-,22-/m0/s1. The van der Waals surface area contributed by atoms with Gasteiger partial charge in [0.1, 0.15) is 18.5 Å². The molecule has 2 atom stereocenters. The molecule has 3 aliphatic heterocycles. The van der Waals surface area contributed by atoms with Crippen LogP contribution in [0.15, 0.2) is 30.9 Å². The van der Waals surface area contributed by atoms with Crippen LogP contribution in [0.4, 0.5) is 24.7 Å². The zero-order chi connectivity index (χ0) is 30.0. The number of aromatic nitrogens is 2. The number of anilines is 2. The van der Waals surface area contributed by atoms with Crippen molar-refractivity contribution in [2.24, 2.45) is 0 Å². The highest BCUT2D eigenvalue weighted by molar-refractivity contribution is 5.87. The largest absolute Gasteiger partial charge is 0.462 e. The number of alkyl halides is 3. The summed E-state index contributed by atoms with van der Waals surface area (Å²) < 4.78 is 48.4. The zero-order valence-electron chi connectivity index (χ0n) is 24.0. The predicted octanol–water partition coefficient (Wildman–Crippen LogP) is 3.96. The molecule has 1 amide bonds. The first-order chi connectivity index (χ1) is 20.1. The maximum atomic E-state index is 14.1. The van der Waals surface area contributed by atoms with Gasteiger partial charge in [0.2, 0.25) is 12.5 Å². The van der Waals surface area contributed by atoms with Crippen LogP contribution in [-0.2, 0) is 23.9 Å². The topological polar surface area (TPSA) is 69.4 Å². The number of carbonyl (C=O) groups is 1. The minimum atomic E-state index is -4.49. The van der Waals surface area contributed by atoms with Gasteiger partial charge in [0, 0.05) is 43.5 Å². The molecule has 0 bridgehead atoms. The van der Waals surface area contributed by atoms with Crippen molar-refractivity contribution in [2.75, 3.05) is 62.7 Å². The van der Waals surface area contributed by atoms with Crippen LogP contribution in [0.1, 0.15) is 35.2 Å². The summed E-state index contributed by atoms with van der Waals surface area (Å²) in [6, 6.07) is 4.73. The Morgan fingerprint density at radius 2 is 2.00 bits per heavy atom. The number of nitrogens with zero attached hydrogens (tertiary/aromatic N) is 7. The number of hydrogen-bond acceptors (Lipinski definition) is 7. The molecule has 2 fully saturated rings. The summed E-state index contributed by atoms with van der Waals surface area (Å²) in [5.41, 5.74) is 1.17. The molecule has 42 heavy (non-hydrogen) atoms. The van der Waals surface area contributed by atoms with Crippen molar-refractivity contribution in [3.8, 4) is 6.01 Å². The van der Waals surface area contributed by atoms with Crippen LogP contribution in [0.25, 0.3) is 4.85 Å². The van der Waals surface area contributed by atoms with Gasteiger partial charge in [-0.2, -0.15) is 23.1 Å². The van der Waals surface area contributed by atoms with Crippen LogP contribution in [-0.4, -0.2) is 90.7 Å². The summed E-state index contributed by atoms with van der Waals surface area (Å²) >= 11 is 0. The molecule has 1 aromatic heterocycles. The smallest absolute Gasteiger partial charge is 0.418 e. The summed E-state index contributed by atoms with van der Waals surface area (Å²) in [5.74, 6) is 0.447. The molecule has 3 aliphatic rings. The first-order valence-electron chi connectivity index (χ1n) is 14.3. The molecule has 5 rings (SSSR count). The van der Waals surface area contributed by atoms with Gasteiger partial charge in [0.25, 0.3) is 0 Å². The second-order valence-corrected chi connectivity index (χ2v) is 11.2. The molecule has 12 heteroatoms. The number of halogens is 3. The minimum absolute atomic E-state index is 0.136. The zero-order valence-corrected chi connectivity index (χ0v) is 24.0. The Bertz CT molecular complexity index is 1380. The van der Waals surface area contributed by atoms with E-state index >= 15 is 0 Å². The molecule has 2 saturated heterocycles. The van der Waals surface area contributed by atoms with Gasteiger partial charge in [-0.3, -0.25) is 4.79 Å². The summed E-state index contributed by atoms with van der Waals surface area (Å²) in [5, 5.41) is 0. The Hall–Kier alpha value is -3.85. The normalized spacial score (nSPS) is 21.2. The van der Waals surface area contributed by atoms with E-state index in [1.165, 1.54) is 25.1 Å². The lowest BCUT2D eigenvalue weighted by Gasteiger charge is -2.41. The third-order valence-corrected chi connectivity index (χ3v) is 8.52. The van der Waals surface area contributed by atoms with Crippen LogP contribution in [0.5, 0.6) is 6.01 Å². The average Bonchev–Trinajstić information content (AvgIpc) is 3.38. The van der Waals surface area contributed by atoms with Gasteiger partial charge in [-0.1, -0.05) is 18.7 Å². The van der Waals surface area contributed by atoms with Crippen molar-refractivity contribution in [3.05, 3.63) is 64.7 Å². The molecule has 224 valence electrons. The Kier molecular flexibility index (Phi) is 8.59. The molecular weight excluding hydrogens is 547 g/mol. The fraction of sp³-hybridized carbons (Fsp3) is 0.533. The second-order valence-electron chi connectivity index (χ2n) is 11.2. The van der Waals surface area contributed by atoms with Crippen LogP contribution in [0.3, 0.4) is 0 Å². The van der Waals surface area contributed by atoms with Crippen molar-refractivity contribution >= 4 is 17.4 Å². The van der Waals surface area contributed by atoms with Crippen molar-refractivity contribution in [3.63, 3.8) is 0 Å². The van der Waals surface area contributed by atoms with Gasteiger partial charge in [0.15, 0.2) is 0 Å². The number of carbonyl (C=O) groups excluding carboxylic acids is 1. The van der Waals surface area contributed by atoms with Gasteiger partial charge in [-0.25, -0.2) is 6.57 Å². The van der Waals surface area contributed by atoms with Crippen LogP contribution in [0.2, 0.25) is 0 Å². The number of aryl methyl sites for hydroxylation is 1. The van der Waals surface area contributed by atoms with Crippen molar-refractivity contribution in [1.82, 2.24) is 19.8 Å². The number of likely N-dealkylation sites (N-methyl/N-ethyl adjacent to an activating group) is 1. The van der Waals surface area contributed by atoms with E-state index in [0.717, 1.165) is 24.9 Å². The highest BCUT2D eigenvalue weighted by Gasteiger charge is 2.39. The molecular formula is C30H36F3N7O2. The van der Waals surface area contributed by atoms with E-state index in [-0.39, 0.29) is 48.3 Å². The van der Waals surface area contributed by atoms with E-state index in [9.17, 15) is 18.0 Å². The Balaban J connectivity index is 1.49. The number of hydrogen-bond donors (Lipinski definition) is 0. The summed E-state index contributed by atoms with van der Waals surface area (Å²) in [6.45, 7) is 15.9. The van der Waals surface area contributed by atoms with E-state index in [4.69, 9.17) is 21.3 Å². The maximum Gasteiger partial charge on any atom is 0.418 e. The average molecular weight is 584 g/mol. The van der Waals surface area contributed by atoms with E-state index in [0.29, 0.717) is 50.7 Å². The molecule has 4 heterocycles. The van der Waals surface area contributed by atoms with Gasteiger partial charge >= 0.3 is 12.2 Å². The molecule has 0 N–H and O–H groups in total. The van der Waals surface area contributed by atoms with Crippen molar-refractivity contribution in [1.29, 1.82) is 0 Å². The van der Waals surface area contributed by atoms with Gasteiger partial charge in [-0.15, -0.1) is 0 Å². The van der Waals surface area contributed by atoms with E-state index in [1.54, 1.807) is 15.9 Å². The number of benzene rings is 1. The first-order valence-corrected chi connectivity index (χ1v) is 14.3. The highest BCUT2D eigenvalue weighted by Crippen LogP contribution is 2.41. The summed E-state index contributed by atoms with van der Waals surface area (Å²) in [6.07, 6.45) is -0.682. The van der Waals surface area contributed by atoms with Gasteiger partial charge < -0.3 is 29.2 Å². The molecule has 0 spiro atoms. The molecule has 0 aliphatic carbocycles. The van der Waals surface area contributed by atoms with Gasteiger partial charge in [-0.05, 0) is 57.5 Å². The first kappa shape index (κ1) is 29.6. The number of rotatable bonds is 7. The third kappa shape index (κ3) is 6.02. The quantitative estimate of drug-likeness (QED) is 0.361. The highest BCUT2D eigenvalue weighted by atomic mass is 19.4. The fourth-order valence-corrected chi connectivity index (χ4v) is 6.28. The number of likely N-dealkylation sites (tertiary alicyclic amines) is 1. The molecule has 2 aromatic rings. The number of ether oxygens (including phenoxy) is 1. The molecule has 1 aromatic carbocycles. The van der Waals surface area contributed by atoms with Crippen molar-refractivity contribution in [2.45, 2.75) is 51.0 Å². The van der Waals surface area contributed by atoms with E-state index in [2.05, 4.69) is 28.3 Å². The Morgan fingerprint density at radius 3 is 2.69 bits per heavy atom. The second kappa shape index (κ2) is 12.2. The van der Waals surface area contributed by atoms with Gasteiger partial charge in [0.05, 0.1) is 17.8 Å². The van der Waals surface area contributed by atoms with Crippen LogP contribution < -0.4 is 14.5 Å². The minimum Gasteiger partial charge on any atom is -0.462 e. The third-order valence-electron chi connectivity index (χ3n) is 8.52. The van der Waals surface area contributed by atoms with E-state index < -0.39 is 11.7 Å². The fourth-order valence-electron chi connectivity index (χ4n) is 6.28. The number of fused-ring (bicyclic) bond motifs is 1. The van der Waals surface area contributed by atoms with Crippen LogP contribution >= 0.6 is 0 Å². The van der Waals surface area contributed by atoms with Crippen molar-refractivity contribution < 1.29 is 22.7 Å². The molecule has 0 saturated carbocycles. The lowest BCUT2D eigenvalue weighted by atomic mass is 10.00. The number of piperazine rings is 1. The molecule has 9 nitrogen and oxygen atoms in total. The Labute approximate surface area is 244 Å². The monoisotopic (exact) mass is 583 g/mol. The lowest BCUT2D eigenvalue weighted by Crippen LogP contribution is -2.56. The summed E-state index contributed by atoms with van der Waals surface area (Å²) in [4.78, 5) is 33.3. The maximum absolute atomic E-state index is 14.1. The summed E-state index contributed by atoms with van der Waals surface area (Å²) in [7, 11) is 2.06. The van der Waals surface area contributed by atoms with E-state index in [1.807, 2.05) is 0 Å².